The Morgan fingerprint density at radius 2 is 1.79 bits per heavy atom. The number of hydrogen-bond donors (Lipinski definition) is 1. The van der Waals surface area contributed by atoms with Crippen molar-refractivity contribution in [2.45, 2.75) is 70.9 Å². The molecule has 0 aromatic heterocycles. The van der Waals surface area contributed by atoms with Crippen molar-refractivity contribution in [2.24, 2.45) is 0 Å². The molecule has 0 aliphatic heterocycles. The van der Waals surface area contributed by atoms with Crippen LogP contribution >= 0.6 is 11.6 Å². The van der Waals surface area contributed by atoms with E-state index in [4.69, 9.17) is 20.8 Å². The Labute approximate surface area is 175 Å². The first-order valence-electron chi connectivity index (χ1n) is 9.49. The second kappa shape index (κ2) is 9.07. The van der Waals surface area contributed by atoms with Crippen LogP contribution in [0.5, 0.6) is 0 Å². The summed E-state index contributed by atoms with van der Waals surface area (Å²) in [5, 5.41) is 3.38. The predicted octanol–water partition coefficient (Wildman–Crippen LogP) is 4.69. The van der Waals surface area contributed by atoms with Gasteiger partial charge in [-0.15, -0.1) is 0 Å². The molecular formula is C21H34ClNO4Si. The van der Waals surface area contributed by atoms with E-state index in [9.17, 15) is 9.59 Å². The number of carbonyl (C=O) groups excluding carboxylic acids is 2. The molecule has 0 bridgehead atoms. The lowest BCUT2D eigenvalue weighted by molar-refractivity contribution is -0.176. The van der Waals surface area contributed by atoms with Gasteiger partial charge in [-0.1, -0.05) is 44.5 Å². The van der Waals surface area contributed by atoms with Crippen LogP contribution in [0.2, 0.25) is 23.2 Å². The van der Waals surface area contributed by atoms with Gasteiger partial charge in [-0.25, -0.2) is 4.79 Å². The first-order valence-corrected chi connectivity index (χ1v) is 12.8. The fraction of sp³-hybridized carbons (Fsp3) is 0.619. The van der Waals surface area contributed by atoms with E-state index in [1.807, 2.05) is 26.8 Å². The highest BCUT2D eigenvalue weighted by molar-refractivity contribution is 6.74. The number of halogens is 1. The van der Waals surface area contributed by atoms with Gasteiger partial charge in [0.2, 0.25) is 0 Å². The highest BCUT2D eigenvalue weighted by Crippen LogP contribution is 2.43. The molecule has 0 aliphatic carbocycles. The minimum absolute atomic E-state index is 0.103. The summed E-state index contributed by atoms with van der Waals surface area (Å²) < 4.78 is 12.5. The first kappa shape index (κ1) is 24.8. The molecule has 28 heavy (non-hydrogen) atoms. The van der Waals surface area contributed by atoms with Crippen molar-refractivity contribution in [3.63, 3.8) is 0 Å². The van der Waals surface area contributed by atoms with Gasteiger partial charge < -0.3 is 19.3 Å². The maximum absolute atomic E-state index is 13.5. The van der Waals surface area contributed by atoms with E-state index in [1.165, 1.54) is 0 Å². The normalized spacial score (nSPS) is 15.0. The molecule has 1 N–H and O–H groups in total. The highest BCUT2D eigenvalue weighted by atomic mass is 35.5. The Balaban J connectivity index is 3.61. The predicted molar refractivity (Wildman–Crippen MR) is 116 cm³/mol. The summed E-state index contributed by atoms with van der Waals surface area (Å²) >= 11 is 6.24. The Morgan fingerprint density at radius 1 is 1.18 bits per heavy atom. The van der Waals surface area contributed by atoms with Crippen LogP contribution in [0.3, 0.4) is 0 Å². The number of aldehydes is 1. The second-order valence-electron chi connectivity index (χ2n) is 9.50. The van der Waals surface area contributed by atoms with Crippen LogP contribution in [0, 0.1) is 0 Å². The molecule has 1 aromatic carbocycles. The summed E-state index contributed by atoms with van der Waals surface area (Å²) in [5.74, 6) is -0.495. The molecule has 0 heterocycles. The number of benzene rings is 1. The van der Waals surface area contributed by atoms with E-state index in [0.29, 0.717) is 10.6 Å². The quantitative estimate of drug-likeness (QED) is 0.282. The number of esters is 1. The molecule has 0 spiro atoms. The minimum Gasteiger partial charge on any atom is -0.458 e. The third-order valence-corrected chi connectivity index (χ3v) is 9.56. The molecule has 0 amide bonds. The first-order chi connectivity index (χ1) is 12.6. The average Bonchev–Trinajstić information content (AvgIpc) is 2.51. The third-order valence-electron chi connectivity index (χ3n) is 4.86. The fourth-order valence-corrected chi connectivity index (χ4v) is 4.07. The van der Waals surface area contributed by atoms with Crippen LogP contribution in [0.4, 0.5) is 0 Å². The Hall–Kier alpha value is -1.21. The standard InChI is InChI=1S/C21H34ClNO4Si/c1-19(2,3)26-18(25)21(15-23-12-13-24,16-10-9-11-17(22)14-16)27-28(7,8)20(4,5)6/h9-11,13-14,23H,12,15H2,1-8H3/t21-/m0/s1. The Morgan fingerprint density at radius 3 is 2.25 bits per heavy atom. The summed E-state index contributed by atoms with van der Waals surface area (Å²) in [6.07, 6.45) is 0.754. The summed E-state index contributed by atoms with van der Waals surface area (Å²) in [6.45, 7) is 16.1. The molecule has 158 valence electrons. The smallest absolute Gasteiger partial charge is 0.343 e. The van der Waals surface area contributed by atoms with E-state index < -0.39 is 25.5 Å². The molecular weight excluding hydrogens is 394 g/mol. The van der Waals surface area contributed by atoms with Crippen molar-refractivity contribution in [3.8, 4) is 0 Å². The third kappa shape index (κ3) is 6.41. The minimum atomic E-state index is -2.41. The molecule has 0 unspecified atom stereocenters. The van der Waals surface area contributed by atoms with Gasteiger partial charge in [0.25, 0.3) is 0 Å². The van der Waals surface area contributed by atoms with E-state index in [-0.39, 0.29) is 18.1 Å². The van der Waals surface area contributed by atoms with Crippen molar-refractivity contribution >= 4 is 32.2 Å². The van der Waals surface area contributed by atoms with Crippen molar-refractivity contribution in [1.82, 2.24) is 5.32 Å². The van der Waals surface area contributed by atoms with Gasteiger partial charge in [0.1, 0.15) is 11.9 Å². The van der Waals surface area contributed by atoms with Crippen molar-refractivity contribution in [2.75, 3.05) is 13.1 Å². The van der Waals surface area contributed by atoms with Gasteiger partial charge in [-0.05, 0) is 56.6 Å². The van der Waals surface area contributed by atoms with E-state index >= 15 is 0 Å². The van der Waals surface area contributed by atoms with Gasteiger partial charge in [0.15, 0.2) is 13.9 Å². The lowest BCUT2D eigenvalue weighted by Crippen LogP contribution is -2.57. The molecule has 0 saturated heterocycles. The topological polar surface area (TPSA) is 64.6 Å². The van der Waals surface area contributed by atoms with E-state index in [0.717, 1.165) is 6.29 Å². The molecule has 1 rings (SSSR count). The molecule has 0 aliphatic rings. The zero-order valence-electron chi connectivity index (χ0n) is 18.3. The van der Waals surface area contributed by atoms with Crippen LogP contribution in [-0.2, 0) is 24.4 Å². The summed E-state index contributed by atoms with van der Waals surface area (Å²) in [7, 11) is -2.41. The number of ether oxygens (including phenoxy) is 1. The van der Waals surface area contributed by atoms with Gasteiger partial charge in [-0.2, -0.15) is 0 Å². The summed E-state index contributed by atoms with van der Waals surface area (Å²) in [6, 6.07) is 7.06. The molecule has 5 nitrogen and oxygen atoms in total. The van der Waals surface area contributed by atoms with E-state index in [2.05, 4.69) is 39.2 Å². The molecule has 0 fully saturated rings. The van der Waals surface area contributed by atoms with Crippen molar-refractivity contribution in [3.05, 3.63) is 34.9 Å². The molecule has 0 radical (unpaired) electrons. The maximum atomic E-state index is 13.5. The van der Waals surface area contributed by atoms with E-state index in [1.54, 1.807) is 18.2 Å². The van der Waals surface area contributed by atoms with Gasteiger partial charge >= 0.3 is 5.97 Å². The molecule has 1 aromatic rings. The molecule has 0 saturated carbocycles. The highest BCUT2D eigenvalue weighted by Gasteiger charge is 2.51. The number of nitrogens with one attached hydrogen (secondary N) is 1. The van der Waals surface area contributed by atoms with Crippen LogP contribution in [0.25, 0.3) is 0 Å². The van der Waals surface area contributed by atoms with Crippen LogP contribution in [0.1, 0.15) is 47.1 Å². The Kier molecular flexibility index (Phi) is 8.04. The summed E-state index contributed by atoms with van der Waals surface area (Å²) in [5.41, 5.74) is -1.50. The molecule has 7 heteroatoms. The van der Waals surface area contributed by atoms with Gasteiger partial charge in [-0.3, -0.25) is 0 Å². The number of rotatable bonds is 8. The number of carbonyl (C=O) groups is 2. The van der Waals surface area contributed by atoms with Crippen molar-refractivity contribution in [1.29, 1.82) is 0 Å². The Bertz CT molecular complexity index is 694. The van der Waals surface area contributed by atoms with Crippen LogP contribution in [-0.4, -0.2) is 39.3 Å². The SMILES string of the molecule is CC(C)(C)OC(=O)[C@@](CNCC=O)(O[Si](C)(C)C(C)(C)C)c1cccc(Cl)c1. The van der Waals surface area contributed by atoms with Crippen LogP contribution < -0.4 is 5.32 Å². The lowest BCUT2D eigenvalue weighted by atomic mass is 9.93. The van der Waals surface area contributed by atoms with Gasteiger partial charge in [0.05, 0.1) is 6.54 Å². The maximum Gasteiger partial charge on any atom is 0.343 e. The number of hydrogen-bond acceptors (Lipinski definition) is 5. The second-order valence-corrected chi connectivity index (χ2v) is 14.7. The average molecular weight is 428 g/mol. The van der Waals surface area contributed by atoms with Crippen molar-refractivity contribution < 1.29 is 18.8 Å². The molecule has 1 atom stereocenters. The largest absolute Gasteiger partial charge is 0.458 e. The summed E-state index contributed by atoms with van der Waals surface area (Å²) in [4.78, 5) is 24.4. The monoisotopic (exact) mass is 427 g/mol. The van der Waals surface area contributed by atoms with Gasteiger partial charge in [0, 0.05) is 11.6 Å². The zero-order chi connectivity index (χ0) is 21.8. The fourth-order valence-electron chi connectivity index (χ4n) is 2.42. The lowest BCUT2D eigenvalue weighted by Gasteiger charge is -2.45. The van der Waals surface area contributed by atoms with Crippen LogP contribution in [0.15, 0.2) is 24.3 Å². The zero-order valence-corrected chi connectivity index (χ0v) is 20.1.